The minimum atomic E-state index is -0.0272. The normalized spacial score (nSPS) is 14.6. The Bertz CT molecular complexity index is 1330. The predicted octanol–water partition coefficient (Wildman–Crippen LogP) is 10.5. The molecule has 1 nitrogen and oxygen atoms in total. The van der Waals surface area contributed by atoms with Gasteiger partial charge in [-0.1, -0.05) is 142 Å². The lowest BCUT2D eigenvalue weighted by Gasteiger charge is -2.32. The molecular formula is C38H50OSi. The van der Waals surface area contributed by atoms with Crippen molar-refractivity contribution in [3.8, 4) is 16.9 Å². The monoisotopic (exact) mass is 550 g/mol. The predicted molar refractivity (Wildman–Crippen MR) is 176 cm³/mol. The fourth-order valence-corrected chi connectivity index (χ4v) is 7.12. The summed E-state index contributed by atoms with van der Waals surface area (Å²) >= 11 is 0. The van der Waals surface area contributed by atoms with Crippen molar-refractivity contribution in [2.45, 2.75) is 110 Å². The van der Waals surface area contributed by atoms with E-state index in [2.05, 4.69) is 131 Å². The van der Waals surface area contributed by atoms with E-state index >= 15 is 0 Å². The van der Waals surface area contributed by atoms with Crippen LogP contribution in [0.5, 0.6) is 5.75 Å². The molecule has 2 heteroatoms. The highest BCUT2D eigenvalue weighted by Crippen LogP contribution is 2.55. The molecule has 0 N–H and O–H groups in total. The first-order chi connectivity index (χ1) is 18.6. The number of benzene rings is 3. The zero-order chi connectivity index (χ0) is 29.6. The zero-order valence-electron chi connectivity index (χ0n) is 26.9. The Morgan fingerprint density at radius 2 is 1.32 bits per heavy atom. The summed E-state index contributed by atoms with van der Waals surface area (Å²) < 4.78 is 6.60. The van der Waals surface area contributed by atoms with Crippen molar-refractivity contribution < 1.29 is 4.74 Å². The second kappa shape index (κ2) is 11.0. The largest absolute Gasteiger partial charge is 0.489 e. The molecule has 0 bridgehead atoms. The van der Waals surface area contributed by atoms with E-state index in [9.17, 15) is 0 Å². The van der Waals surface area contributed by atoms with Gasteiger partial charge >= 0.3 is 0 Å². The van der Waals surface area contributed by atoms with Gasteiger partial charge in [0.25, 0.3) is 0 Å². The van der Waals surface area contributed by atoms with Gasteiger partial charge in [-0.15, -0.1) is 0 Å². The first-order valence-electron chi connectivity index (χ1n) is 14.9. The molecule has 1 aliphatic rings. The first-order valence-corrected chi connectivity index (χ1v) is 16.6. The molecule has 0 spiro atoms. The van der Waals surface area contributed by atoms with E-state index in [1.807, 2.05) is 6.08 Å². The van der Waals surface area contributed by atoms with Crippen LogP contribution in [0.15, 0.2) is 61.2 Å². The van der Waals surface area contributed by atoms with Crippen LogP contribution in [0, 0.1) is 6.92 Å². The smallest absolute Gasteiger partial charge is 0.127 e. The van der Waals surface area contributed by atoms with Crippen molar-refractivity contribution in [2.24, 2.45) is 0 Å². The zero-order valence-corrected chi connectivity index (χ0v) is 27.9. The van der Waals surface area contributed by atoms with E-state index in [1.54, 1.807) is 0 Å². The third kappa shape index (κ3) is 5.89. The third-order valence-corrected chi connectivity index (χ3v) is 9.28. The van der Waals surface area contributed by atoms with E-state index in [1.165, 1.54) is 50.1 Å². The lowest BCUT2D eigenvalue weighted by molar-refractivity contribution is 0.343. The maximum atomic E-state index is 6.60. The van der Waals surface area contributed by atoms with Crippen LogP contribution in [0.3, 0.4) is 0 Å². The molecule has 40 heavy (non-hydrogen) atoms. The second-order valence-corrected chi connectivity index (χ2v) is 15.9. The van der Waals surface area contributed by atoms with Gasteiger partial charge in [0.2, 0.25) is 0 Å². The number of hydrogen-bond donors (Lipinski definition) is 0. The van der Waals surface area contributed by atoms with Crippen molar-refractivity contribution in [3.63, 3.8) is 0 Å². The van der Waals surface area contributed by atoms with E-state index in [0.29, 0.717) is 12.5 Å². The van der Waals surface area contributed by atoms with Gasteiger partial charge in [0, 0.05) is 21.0 Å². The fraction of sp³-hybridized carbons (Fsp3) is 0.474. The molecule has 0 aliphatic heterocycles. The highest BCUT2D eigenvalue weighted by molar-refractivity contribution is 6.33. The molecule has 3 aromatic rings. The van der Waals surface area contributed by atoms with Gasteiger partial charge in [-0.2, -0.15) is 0 Å². The molecule has 0 heterocycles. The van der Waals surface area contributed by atoms with Gasteiger partial charge in [0.15, 0.2) is 0 Å². The van der Waals surface area contributed by atoms with E-state index in [4.69, 9.17) is 4.74 Å². The van der Waals surface area contributed by atoms with Gasteiger partial charge in [-0.25, -0.2) is 0 Å². The average molecular weight is 551 g/mol. The van der Waals surface area contributed by atoms with Crippen molar-refractivity contribution in [3.05, 3.63) is 100 Å². The molecule has 0 saturated heterocycles. The average Bonchev–Trinajstić information content (AvgIpc) is 3.17. The third-order valence-electron chi connectivity index (χ3n) is 8.44. The van der Waals surface area contributed by atoms with Crippen LogP contribution in [0.1, 0.15) is 113 Å². The number of ether oxygens (including phenoxy) is 1. The lowest BCUT2D eigenvalue weighted by Crippen LogP contribution is -2.20. The van der Waals surface area contributed by atoms with Crippen molar-refractivity contribution in [1.82, 2.24) is 0 Å². The maximum Gasteiger partial charge on any atom is 0.127 e. The Kier molecular flexibility index (Phi) is 8.36. The molecule has 3 aromatic carbocycles. The van der Waals surface area contributed by atoms with Crippen molar-refractivity contribution in [2.75, 3.05) is 6.61 Å². The van der Waals surface area contributed by atoms with Crippen molar-refractivity contribution >= 4 is 9.52 Å². The molecule has 4 rings (SSSR count). The summed E-state index contributed by atoms with van der Waals surface area (Å²) in [7, 11) is 0.841. The quantitative estimate of drug-likeness (QED) is 0.210. The van der Waals surface area contributed by atoms with Crippen molar-refractivity contribution in [1.29, 1.82) is 0 Å². The van der Waals surface area contributed by atoms with Gasteiger partial charge in [-0.3, -0.25) is 0 Å². The highest BCUT2D eigenvalue weighted by atomic mass is 28.2. The Balaban J connectivity index is 2.06. The van der Waals surface area contributed by atoms with Gasteiger partial charge in [0.05, 0.1) is 0 Å². The number of aryl methyl sites for hydroxylation is 1. The molecule has 0 fully saturated rings. The summed E-state index contributed by atoms with van der Waals surface area (Å²) in [5.41, 5.74) is 12.7. The molecular weight excluding hydrogens is 501 g/mol. The number of hydrogen-bond acceptors (Lipinski definition) is 1. The van der Waals surface area contributed by atoms with Crippen LogP contribution in [0.2, 0.25) is 12.6 Å². The Labute approximate surface area is 247 Å². The number of rotatable bonds is 7. The maximum absolute atomic E-state index is 6.60. The van der Waals surface area contributed by atoms with Gasteiger partial charge < -0.3 is 4.74 Å². The molecule has 1 aliphatic carbocycles. The van der Waals surface area contributed by atoms with Gasteiger partial charge in [-0.05, 0) is 68.0 Å². The van der Waals surface area contributed by atoms with Crippen LogP contribution >= 0.6 is 0 Å². The Morgan fingerprint density at radius 1 is 0.800 bits per heavy atom. The van der Waals surface area contributed by atoms with Crippen LogP contribution < -0.4 is 4.74 Å². The van der Waals surface area contributed by atoms with E-state index < -0.39 is 0 Å². The minimum Gasteiger partial charge on any atom is -0.489 e. The van der Waals surface area contributed by atoms with E-state index in [0.717, 1.165) is 21.3 Å². The summed E-state index contributed by atoms with van der Waals surface area (Å²) in [4.78, 5) is 0. The Hall–Kier alpha value is -2.58. The summed E-state index contributed by atoms with van der Waals surface area (Å²) in [6, 6.07) is 20.4. The molecule has 0 amide bonds. The number of fused-ring (bicyclic) bond motifs is 3. The van der Waals surface area contributed by atoms with Crippen LogP contribution in [0.25, 0.3) is 11.1 Å². The highest BCUT2D eigenvalue weighted by Gasteiger charge is 2.38. The summed E-state index contributed by atoms with van der Waals surface area (Å²) in [5, 5.41) is 0. The standard InChI is InChI=1S/C38H50OSi/c1-13-18-39-35-31(19-24(2)20-33(35)38(9,10)11)32(23-40-12)34-29-21-25(36(3,4)5)14-16-27(29)28-17-15-26(22-30(28)34)37(6,7)8/h13-17,19-22,32,34H,1,18,23H2,2-12H3. The first kappa shape index (κ1) is 30.4. The molecule has 0 saturated carbocycles. The molecule has 2 radical (unpaired) electrons. The summed E-state index contributed by atoms with van der Waals surface area (Å²) in [6.45, 7) is 29.9. The van der Waals surface area contributed by atoms with E-state index in [-0.39, 0.29) is 22.2 Å². The van der Waals surface area contributed by atoms with Crippen LogP contribution in [0.4, 0.5) is 0 Å². The molecule has 1 unspecified atom stereocenters. The summed E-state index contributed by atoms with van der Waals surface area (Å²) in [5.74, 6) is 1.66. The molecule has 1 atom stereocenters. The fourth-order valence-electron chi connectivity index (χ4n) is 6.23. The van der Waals surface area contributed by atoms with Gasteiger partial charge in [0.1, 0.15) is 12.4 Å². The molecule has 212 valence electrons. The minimum absolute atomic E-state index is 0.0272. The second-order valence-electron chi connectivity index (χ2n) is 14.8. The van der Waals surface area contributed by atoms with Crippen LogP contribution in [-0.2, 0) is 16.2 Å². The lowest BCUT2D eigenvalue weighted by atomic mass is 9.75. The topological polar surface area (TPSA) is 9.23 Å². The molecule has 0 aromatic heterocycles. The Morgan fingerprint density at radius 3 is 1.75 bits per heavy atom. The van der Waals surface area contributed by atoms with Crippen LogP contribution in [-0.4, -0.2) is 16.1 Å². The summed E-state index contributed by atoms with van der Waals surface area (Å²) in [6.07, 6.45) is 1.87. The SMILES string of the molecule is C=CCOc1c(C(C[Si]C)C2c3cc(C(C)(C)C)ccc3-c3ccc(C(C)(C)C)cc32)cc(C)cc1C(C)(C)C.